The molecule has 1 saturated carbocycles. The summed E-state index contributed by atoms with van der Waals surface area (Å²) in [6.07, 6.45) is 9.82. The summed E-state index contributed by atoms with van der Waals surface area (Å²) >= 11 is 0. The molecule has 1 aliphatic carbocycles. The van der Waals surface area contributed by atoms with Gasteiger partial charge >= 0.3 is 0 Å². The molecular formula is C15H30N2. The first-order valence-corrected chi connectivity index (χ1v) is 7.77. The lowest BCUT2D eigenvalue weighted by Crippen LogP contribution is -2.47. The van der Waals surface area contributed by atoms with E-state index in [1.165, 1.54) is 64.6 Å². The van der Waals surface area contributed by atoms with Gasteiger partial charge in [0.05, 0.1) is 0 Å². The van der Waals surface area contributed by atoms with Crippen LogP contribution in [0.3, 0.4) is 0 Å². The Morgan fingerprint density at radius 1 is 1.00 bits per heavy atom. The lowest BCUT2D eigenvalue weighted by molar-refractivity contribution is 0.105. The third kappa shape index (κ3) is 3.96. The Labute approximate surface area is 107 Å². The highest BCUT2D eigenvalue weighted by atomic mass is 15.2. The van der Waals surface area contributed by atoms with Gasteiger partial charge in [-0.2, -0.15) is 0 Å². The van der Waals surface area contributed by atoms with E-state index < -0.39 is 0 Å². The Kier molecular flexibility index (Phi) is 5.30. The van der Waals surface area contributed by atoms with Crippen molar-refractivity contribution < 1.29 is 0 Å². The molecule has 0 aromatic carbocycles. The Balaban J connectivity index is 1.68. The van der Waals surface area contributed by atoms with Crippen LogP contribution in [0.5, 0.6) is 0 Å². The van der Waals surface area contributed by atoms with Gasteiger partial charge in [-0.25, -0.2) is 0 Å². The molecular weight excluding hydrogens is 208 g/mol. The molecule has 0 aromatic rings. The van der Waals surface area contributed by atoms with Crippen LogP contribution in [0.25, 0.3) is 0 Å². The number of rotatable bonds is 4. The lowest BCUT2D eigenvalue weighted by atomic mass is 9.85. The third-order valence-corrected chi connectivity index (χ3v) is 4.71. The quantitative estimate of drug-likeness (QED) is 0.810. The largest absolute Gasteiger partial charge is 0.314 e. The van der Waals surface area contributed by atoms with Gasteiger partial charge in [0.25, 0.3) is 0 Å². The Hall–Kier alpha value is -0.0800. The average molecular weight is 238 g/mol. The van der Waals surface area contributed by atoms with E-state index in [4.69, 9.17) is 0 Å². The minimum Gasteiger partial charge on any atom is -0.314 e. The van der Waals surface area contributed by atoms with Crippen LogP contribution in [-0.2, 0) is 0 Å². The molecule has 2 heteroatoms. The minimum absolute atomic E-state index is 0.800. The van der Waals surface area contributed by atoms with Crippen molar-refractivity contribution in [1.82, 2.24) is 10.2 Å². The van der Waals surface area contributed by atoms with Gasteiger partial charge in [-0.05, 0) is 70.5 Å². The number of nitrogens with zero attached hydrogens (tertiary/aromatic N) is 1. The van der Waals surface area contributed by atoms with Crippen LogP contribution in [0.1, 0.15) is 58.8 Å². The maximum absolute atomic E-state index is 3.68. The molecule has 17 heavy (non-hydrogen) atoms. The van der Waals surface area contributed by atoms with Crippen molar-refractivity contribution in [3.05, 3.63) is 0 Å². The zero-order valence-electron chi connectivity index (χ0n) is 11.8. The molecule has 1 heterocycles. The molecule has 100 valence electrons. The normalized spacial score (nSPS) is 32.8. The second-order valence-corrected chi connectivity index (χ2v) is 6.18. The summed E-state index contributed by atoms with van der Waals surface area (Å²) in [5.41, 5.74) is 0. The molecule has 2 rings (SSSR count). The number of piperidine rings is 1. The fourth-order valence-electron chi connectivity index (χ4n) is 3.42. The molecule has 2 fully saturated rings. The molecule has 2 aliphatic rings. The first-order valence-electron chi connectivity index (χ1n) is 7.77. The summed E-state index contributed by atoms with van der Waals surface area (Å²) in [6.45, 7) is 8.54. The molecule has 0 radical (unpaired) electrons. The fraction of sp³-hybridized carbons (Fsp3) is 1.00. The minimum atomic E-state index is 0.800. The Bertz CT molecular complexity index is 201. The van der Waals surface area contributed by atoms with Crippen LogP contribution in [0.4, 0.5) is 0 Å². The van der Waals surface area contributed by atoms with Crippen molar-refractivity contribution in [3.8, 4) is 0 Å². The van der Waals surface area contributed by atoms with Crippen molar-refractivity contribution in [2.24, 2.45) is 5.92 Å². The smallest absolute Gasteiger partial charge is 0.00954 e. The van der Waals surface area contributed by atoms with Crippen molar-refractivity contribution >= 4 is 0 Å². The van der Waals surface area contributed by atoms with Gasteiger partial charge in [-0.1, -0.05) is 13.8 Å². The SMILES string of the molecule is CCCNC1CCN(C2CCC(C)CC2)CC1. The molecule has 0 unspecified atom stereocenters. The molecule has 1 N–H and O–H groups in total. The molecule has 2 nitrogen and oxygen atoms in total. The number of nitrogens with one attached hydrogen (secondary N) is 1. The van der Waals surface area contributed by atoms with Gasteiger partial charge in [0.1, 0.15) is 0 Å². The lowest BCUT2D eigenvalue weighted by Gasteiger charge is -2.40. The molecule has 0 spiro atoms. The zero-order valence-corrected chi connectivity index (χ0v) is 11.8. The van der Waals surface area contributed by atoms with Crippen molar-refractivity contribution in [3.63, 3.8) is 0 Å². The van der Waals surface area contributed by atoms with E-state index in [2.05, 4.69) is 24.1 Å². The Morgan fingerprint density at radius 3 is 2.24 bits per heavy atom. The second kappa shape index (κ2) is 6.75. The summed E-state index contributed by atoms with van der Waals surface area (Å²) in [5.74, 6) is 0.981. The third-order valence-electron chi connectivity index (χ3n) is 4.71. The van der Waals surface area contributed by atoms with Crippen LogP contribution in [0, 0.1) is 5.92 Å². The summed E-state index contributed by atoms with van der Waals surface area (Å²) in [5, 5.41) is 3.68. The average Bonchev–Trinajstić information content (AvgIpc) is 2.38. The van der Waals surface area contributed by atoms with Crippen LogP contribution in [0.2, 0.25) is 0 Å². The standard InChI is InChI=1S/C15H30N2/c1-3-10-16-14-8-11-17(12-9-14)15-6-4-13(2)5-7-15/h13-16H,3-12H2,1-2H3. The maximum atomic E-state index is 3.68. The van der Waals surface area contributed by atoms with Gasteiger partial charge in [0.2, 0.25) is 0 Å². The monoisotopic (exact) mass is 238 g/mol. The van der Waals surface area contributed by atoms with Crippen LogP contribution in [-0.4, -0.2) is 36.6 Å². The molecule has 0 aromatic heterocycles. The first-order chi connectivity index (χ1) is 8.29. The Morgan fingerprint density at radius 2 is 1.65 bits per heavy atom. The highest BCUT2D eigenvalue weighted by molar-refractivity contribution is 4.84. The molecule has 1 aliphatic heterocycles. The second-order valence-electron chi connectivity index (χ2n) is 6.18. The van der Waals surface area contributed by atoms with Crippen molar-refractivity contribution in [2.75, 3.05) is 19.6 Å². The molecule has 0 atom stereocenters. The highest BCUT2D eigenvalue weighted by Gasteiger charge is 2.27. The topological polar surface area (TPSA) is 15.3 Å². The predicted molar refractivity (Wildman–Crippen MR) is 74.3 cm³/mol. The van der Waals surface area contributed by atoms with E-state index in [0.29, 0.717) is 0 Å². The highest BCUT2D eigenvalue weighted by Crippen LogP contribution is 2.28. The van der Waals surface area contributed by atoms with Crippen LogP contribution >= 0.6 is 0 Å². The summed E-state index contributed by atoms with van der Waals surface area (Å²) in [4.78, 5) is 2.77. The molecule has 0 amide bonds. The van der Waals surface area contributed by atoms with Crippen LogP contribution in [0.15, 0.2) is 0 Å². The van der Waals surface area contributed by atoms with E-state index in [9.17, 15) is 0 Å². The number of hydrogen-bond acceptors (Lipinski definition) is 2. The van der Waals surface area contributed by atoms with Gasteiger partial charge < -0.3 is 10.2 Å². The van der Waals surface area contributed by atoms with E-state index in [-0.39, 0.29) is 0 Å². The molecule has 0 bridgehead atoms. The molecule has 1 saturated heterocycles. The van der Waals surface area contributed by atoms with Gasteiger partial charge in [0, 0.05) is 12.1 Å². The fourth-order valence-corrected chi connectivity index (χ4v) is 3.42. The van der Waals surface area contributed by atoms with Gasteiger partial charge in [-0.15, -0.1) is 0 Å². The van der Waals surface area contributed by atoms with Crippen molar-refractivity contribution in [1.29, 1.82) is 0 Å². The number of likely N-dealkylation sites (tertiary alicyclic amines) is 1. The van der Waals surface area contributed by atoms with E-state index in [1.54, 1.807) is 0 Å². The summed E-state index contributed by atoms with van der Waals surface area (Å²) in [6, 6.07) is 1.71. The van der Waals surface area contributed by atoms with Crippen molar-refractivity contribution in [2.45, 2.75) is 70.9 Å². The number of hydrogen-bond donors (Lipinski definition) is 1. The van der Waals surface area contributed by atoms with Crippen LogP contribution < -0.4 is 5.32 Å². The zero-order chi connectivity index (χ0) is 12.1. The van der Waals surface area contributed by atoms with E-state index in [1.807, 2.05) is 0 Å². The maximum Gasteiger partial charge on any atom is 0.00954 e. The summed E-state index contributed by atoms with van der Waals surface area (Å²) < 4.78 is 0. The first kappa shape index (κ1) is 13.4. The summed E-state index contributed by atoms with van der Waals surface area (Å²) in [7, 11) is 0. The van der Waals surface area contributed by atoms with E-state index in [0.717, 1.165) is 18.0 Å². The van der Waals surface area contributed by atoms with Gasteiger partial charge in [-0.3, -0.25) is 0 Å². The predicted octanol–water partition coefficient (Wildman–Crippen LogP) is 3.03. The van der Waals surface area contributed by atoms with E-state index >= 15 is 0 Å². The van der Waals surface area contributed by atoms with Gasteiger partial charge in [0.15, 0.2) is 0 Å².